The number of aromatic nitrogens is 3. The van der Waals surface area contributed by atoms with Gasteiger partial charge in [-0.05, 0) is 49.0 Å². The molecule has 3 N–H and O–H groups in total. The summed E-state index contributed by atoms with van der Waals surface area (Å²) in [4.78, 5) is 17.9. The number of aliphatic carboxylic acids is 1. The van der Waals surface area contributed by atoms with E-state index >= 15 is 0 Å². The predicted molar refractivity (Wildman–Crippen MR) is 142 cm³/mol. The number of para-hydroxylation sites is 2. The molecule has 0 aliphatic carbocycles. The second kappa shape index (κ2) is 10.9. The fraction of sp³-hybridized carbons (Fsp3) is 0.296. The Kier molecular flexibility index (Phi) is 7.27. The number of phenols is 1. The second-order valence-corrected chi connectivity index (χ2v) is 9.29. The molecule has 2 aromatic heterocycles. The van der Waals surface area contributed by atoms with E-state index in [9.17, 15) is 9.90 Å². The molecule has 0 saturated carbocycles. The number of nitrogens with zero attached hydrogens (tertiary/aromatic N) is 4. The highest BCUT2D eigenvalue weighted by Crippen LogP contribution is 2.30. The molecule has 3 heterocycles. The number of nitrogens with one attached hydrogen (secondary N) is 1. The van der Waals surface area contributed by atoms with Gasteiger partial charge < -0.3 is 20.3 Å². The lowest BCUT2D eigenvalue weighted by molar-refractivity contribution is -0.139. The van der Waals surface area contributed by atoms with Gasteiger partial charge in [-0.3, -0.25) is 4.90 Å². The minimum absolute atomic E-state index is 0.152. The molecule has 1 saturated heterocycles. The van der Waals surface area contributed by atoms with E-state index in [0.29, 0.717) is 40.6 Å². The summed E-state index contributed by atoms with van der Waals surface area (Å²) in [5.41, 5.74) is 3.22. The maximum atomic E-state index is 10.9. The average Bonchev–Trinajstić information content (AvgIpc) is 3.28. The first-order valence-electron chi connectivity index (χ1n) is 12.3. The highest BCUT2D eigenvalue weighted by molar-refractivity contribution is 6.36. The molecule has 4 aromatic rings. The van der Waals surface area contributed by atoms with Gasteiger partial charge >= 0.3 is 5.97 Å². The number of piperidine rings is 1. The number of phenolic OH excluding ortho intramolecular Hbond substituents is 1. The molecule has 188 valence electrons. The minimum atomic E-state index is -0.992. The van der Waals surface area contributed by atoms with Crippen LogP contribution in [0.2, 0.25) is 0 Å². The molecule has 5 rings (SSSR count). The zero-order valence-electron chi connectivity index (χ0n) is 20.4. The molecule has 10 heteroatoms. The Bertz CT molecular complexity index is 1410. The lowest BCUT2D eigenvalue weighted by Gasteiger charge is -2.33. The largest absolute Gasteiger partial charge is 0.507 e. The van der Waals surface area contributed by atoms with Crippen molar-refractivity contribution in [1.29, 1.82) is 0 Å². The van der Waals surface area contributed by atoms with Crippen LogP contribution in [0.3, 0.4) is 0 Å². The standard InChI is InChI=1S/C27H28BN5O4/c28-21-14-30-33-25(12-22(31-27(21)33)20-8-2-3-9-23(20)34)29-13-18-6-5-11-32(15-18)16-19-7-1-4-10-24(19)37-17-26(35)36/h1-4,7-10,12,14,18,29,34H,5-6,11,13,15-17H2,(H,35,36). The number of hydrogen-bond acceptors (Lipinski definition) is 7. The summed E-state index contributed by atoms with van der Waals surface area (Å²) >= 11 is 0. The smallest absolute Gasteiger partial charge is 0.341 e. The van der Waals surface area contributed by atoms with Gasteiger partial charge in [0.2, 0.25) is 0 Å². The van der Waals surface area contributed by atoms with Crippen LogP contribution in [0.15, 0.2) is 60.8 Å². The van der Waals surface area contributed by atoms with E-state index in [0.717, 1.165) is 43.9 Å². The monoisotopic (exact) mass is 497 g/mol. The van der Waals surface area contributed by atoms with Crippen LogP contribution in [-0.2, 0) is 11.3 Å². The van der Waals surface area contributed by atoms with Crippen molar-refractivity contribution in [2.45, 2.75) is 19.4 Å². The van der Waals surface area contributed by atoms with E-state index in [1.54, 1.807) is 22.8 Å². The maximum absolute atomic E-state index is 10.9. The second-order valence-electron chi connectivity index (χ2n) is 9.29. The van der Waals surface area contributed by atoms with Crippen LogP contribution in [0, 0.1) is 5.92 Å². The number of benzene rings is 2. The Balaban J connectivity index is 1.29. The van der Waals surface area contributed by atoms with E-state index in [-0.39, 0.29) is 12.4 Å². The summed E-state index contributed by atoms with van der Waals surface area (Å²) in [5.74, 6) is 0.917. The van der Waals surface area contributed by atoms with Crippen molar-refractivity contribution >= 4 is 30.7 Å². The zero-order chi connectivity index (χ0) is 25.8. The van der Waals surface area contributed by atoms with Gasteiger partial charge in [-0.25, -0.2) is 9.78 Å². The molecule has 1 aliphatic rings. The van der Waals surface area contributed by atoms with Gasteiger partial charge in [0.1, 0.15) is 25.2 Å². The van der Waals surface area contributed by atoms with Gasteiger partial charge in [-0.1, -0.05) is 30.3 Å². The fourth-order valence-corrected chi connectivity index (χ4v) is 4.80. The van der Waals surface area contributed by atoms with Crippen molar-refractivity contribution in [2.24, 2.45) is 5.92 Å². The van der Waals surface area contributed by atoms with Crippen molar-refractivity contribution in [1.82, 2.24) is 19.5 Å². The van der Waals surface area contributed by atoms with Crippen molar-refractivity contribution in [3.05, 3.63) is 66.4 Å². The summed E-state index contributed by atoms with van der Waals surface area (Å²) in [6.45, 7) is 2.93. The molecule has 9 nitrogen and oxygen atoms in total. The third-order valence-electron chi connectivity index (χ3n) is 6.57. The molecule has 0 bridgehead atoms. The average molecular weight is 497 g/mol. The van der Waals surface area contributed by atoms with E-state index in [4.69, 9.17) is 17.7 Å². The van der Waals surface area contributed by atoms with Crippen LogP contribution < -0.4 is 15.5 Å². The third-order valence-corrected chi connectivity index (χ3v) is 6.57. The number of carboxylic acid groups (broad SMARTS) is 1. The Labute approximate surface area is 216 Å². The van der Waals surface area contributed by atoms with Gasteiger partial charge in [-0.2, -0.15) is 9.61 Å². The highest BCUT2D eigenvalue weighted by atomic mass is 16.5. The maximum Gasteiger partial charge on any atom is 0.341 e. The van der Waals surface area contributed by atoms with Crippen LogP contribution >= 0.6 is 0 Å². The number of ether oxygens (including phenoxy) is 1. The summed E-state index contributed by atoms with van der Waals surface area (Å²) < 4.78 is 7.18. The normalized spacial score (nSPS) is 16.1. The first-order chi connectivity index (χ1) is 18.0. The number of aromatic hydroxyl groups is 1. The quantitative estimate of drug-likeness (QED) is 0.303. The molecule has 37 heavy (non-hydrogen) atoms. The summed E-state index contributed by atoms with van der Waals surface area (Å²) in [6.07, 6.45) is 3.73. The van der Waals surface area contributed by atoms with Crippen LogP contribution in [0.1, 0.15) is 18.4 Å². The van der Waals surface area contributed by atoms with Crippen LogP contribution in [-0.4, -0.2) is 69.8 Å². The minimum Gasteiger partial charge on any atom is -0.507 e. The molecular weight excluding hydrogens is 469 g/mol. The Hall–Kier alpha value is -4.05. The lowest BCUT2D eigenvalue weighted by atomic mass is 9.97. The highest BCUT2D eigenvalue weighted by Gasteiger charge is 2.22. The van der Waals surface area contributed by atoms with Crippen molar-refractivity contribution in [2.75, 3.05) is 31.6 Å². The number of rotatable bonds is 9. The van der Waals surface area contributed by atoms with Crippen LogP contribution in [0.25, 0.3) is 16.9 Å². The molecule has 0 spiro atoms. The zero-order valence-corrected chi connectivity index (χ0v) is 20.4. The number of fused-ring (bicyclic) bond motifs is 1. The number of hydrogen-bond donors (Lipinski definition) is 3. The SMILES string of the molecule is [B]c1cnn2c(NCC3CCCN(Cc4ccccc4OCC(=O)O)C3)cc(-c3ccccc3O)nc12. The number of likely N-dealkylation sites (tertiary alicyclic amines) is 1. The molecule has 2 radical (unpaired) electrons. The summed E-state index contributed by atoms with van der Waals surface area (Å²) in [7, 11) is 6.13. The third kappa shape index (κ3) is 5.70. The predicted octanol–water partition coefficient (Wildman–Crippen LogP) is 2.68. The van der Waals surface area contributed by atoms with Gasteiger partial charge in [0.15, 0.2) is 12.3 Å². The van der Waals surface area contributed by atoms with Gasteiger partial charge in [-0.15, -0.1) is 0 Å². The fourth-order valence-electron chi connectivity index (χ4n) is 4.80. The molecule has 1 unspecified atom stereocenters. The molecule has 1 atom stereocenters. The molecule has 2 aromatic carbocycles. The lowest BCUT2D eigenvalue weighted by Crippen LogP contribution is -2.37. The molecule has 1 aliphatic heterocycles. The van der Waals surface area contributed by atoms with Gasteiger partial charge in [0.05, 0.1) is 5.69 Å². The molecule has 0 amide bonds. The Morgan fingerprint density at radius 1 is 1.19 bits per heavy atom. The molecule has 1 fully saturated rings. The van der Waals surface area contributed by atoms with Crippen LogP contribution in [0.4, 0.5) is 5.82 Å². The van der Waals surface area contributed by atoms with E-state index in [2.05, 4.69) is 20.3 Å². The summed E-state index contributed by atoms with van der Waals surface area (Å²) in [5, 5.41) is 27.2. The van der Waals surface area contributed by atoms with E-state index < -0.39 is 5.97 Å². The summed E-state index contributed by atoms with van der Waals surface area (Å²) in [6, 6.07) is 16.6. The Morgan fingerprint density at radius 3 is 2.84 bits per heavy atom. The topological polar surface area (TPSA) is 112 Å². The number of anilines is 1. The number of carbonyl (C=O) groups is 1. The van der Waals surface area contributed by atoms with Gasteiger partial charge in [0, 0.05) is 43.0 Å². The van der Waals surface area contributed by atoms with Crippen molar-refractivity contribution in [3.63, 3.8) is 0 Å². The number of carboxylic acids is 1. The first-order valence-corrected chi connectivity index (χ1v) is 12.3. The Morgan fingerprint density at radius 2 is 2.00 bits per heavy atom. The van der Waals surface area contributed by atoms with Crippen molar-refractivity contribution < 1.29 is 19.7 Å². The van der Waals surface area contributed by atoms with Crippen molar-refractivity contribution in [3.8, 4) is 22.8 Å². The van der Waals surface area contributed by atoms with Crippen LogP contribution in [0.5, 0.6) is 11.5 Å². The van der Waals surface area contributed by atoms with E-state index in [1.165, 1.54) is 0 Å². The first kappa shape index (κ1) is 24.6. The van der Waals surface area contributed by atoms with Gasteiger partial charge in [0.25, 0.3) is 0 Å². The molecular formula is C27H28BN5O4. The van der Waals surface area contributed by atoms with E-state index in [1.807, 2.05) is 42.5 Å².